The first-order chi connectivity index (χ1) is 12.2. The summed E-state index contributed by atoms with van der Waals surface area (Å²) < 4.78 is 11.1. The van der Waals surface area contributed by atoms with Gasteiger partial charge in [-0.2, -0.15) is 0 Å². The Morgan fingerprint density at radius 3 is 2.65 bits per heavy atom. The molecule has 1 aromatic heterocycles. The molecular weight excluding hydrogens is 356 g/mol. The summed E-state index contributed by atoms with van der Waals surface area (Å²) in [7, 11) is 0. The number of fused-ring (bicyclic) bond motifs is 1. The lowest BCUT2D eigenvalue weighted by molar-refractivity contribution is 0.0154. The lowest BCUT2D eigenvalue weighted by atomic mass is 9.98. The average Bonchev–Trinajstić information content (AvgIpc) is 2.54. The highest BCUT2D eigenvalue weighted by Gasteiger charge is 2.35. The Morgan fingerprint density at radius 2 is 2.00 bits per heavy atom. The second-order valence-corrected chi connectivity index (χ2v) is 8.24. The molecule has 2 aliphatic rings. The van der Waals surface area contributed by atoms with Gasteiger partial charge in [-0.3, -0.25) is 4.90 Å². The number of aromatic nitrogens is 2. The third-order valence-electron chi connectivity index (χ3n) is 4.72. The van der Waals surface area contributed by atoms with Crippen molar-refractivity contribution in [2.24, 2.45) is 0 Å². The van der Waals surface area contributed by atoms with Crippen molar-refractivity contribution < 1.29 is 14.3 Å². The molecule has 1 amide bonds. The van der Waals surface area contributed by atoms with Crippen LogP contribution in [0.25, 0.3) is 0 Å². The number of morpholine rings is 1. The second kappa shape index (κ2) is 7.19. The van der Waals surface area contributed by atoms with Crippen LogP contribution < -0.4 is 4.90 Å². The zero-order valence-electron chi connectivity index (χ0n) is 16.1. The van der Waals surface area contributed by atoms with Gasteiger partial charge < -0.3 is 14.4 Å². The third kappa shape index (κ3) is 3.88. The van der Waals surface area contributed by atoms with E-state index in [9.17, 15) is 4.79 Å². The fourth-order valence-corrected chi connectivity index (χ4v) is 3.64. The molecule has 3 rings (SSSR count). The zero-order valence-corrected chi connectivity index (χ0v) is 16.8. The Morgan fingerprint density at radius 1 is 1.27 bits per heavy atom. The Labute approximate surface area is 159 Å². The molecule has 1 fully saturated rings. The fraction of sp³-hybridized carbons (Fsp3) is 0.722. The standard InChI is InChI=1S/C18H27ClN4O3/c1-11-10-25-9-8-22(11)15-13-6-7-23(17(24)26-18(3,4)5)12(2)14(13)20-16(19)21-15/h11-12H,6-10H2,1-5H3. The molecule has 2 unspecified atom stereocenters. The van der Waals surface area contributed by atoms with Gasteiger partial charge in [0.05, 0.1) is 31.0 Å². The van der Waals surface area contributed by atoms with Gasteiger partial charge in [0.1, 0.15) is 11.4 Å². The highest BCUT2D eigenvalue weighted by Crippen LogP contribution is 2.35. The molecule has 1 saturated heterocycles. The number of amides is 1. The molecule has 7 nitrogen and oxygen atoms in total. The summed E-state index contributed by atoms with van der Waals surface area (Å²) in [6.07, 6.45) is 0.349. The van der Waals surface area contributed by atoms with Crippen LogP contribution in [-0.4, -0.2) is 58.9 Å². The first-order valence-electron chi connectivity index (χ1n) is 9.07. The van der Waals surface area contributed by atoms with Gasteiger partial charge in [-0.25, -0.2) is 14.8 Å². The summed E-state index contributed by atoms with van der Waals surface area (Å²) in [5.41, 5.74) is 1.33. The third-order valence-corrected chi connectivity index (χ3v) is 4.89. The fourth-order valence-electron chi connectivity index (χ4n) is 3.47. The molecule has 0 spiro atoms. The van der Waals surface area contributed by atoms with Crippen LogP contribution in [0.4, 0.5) is 10.6 Å². The summed E-state index contributed by atoms with van der Waals surface area (Å²) in [5.74, 6) is 0.867. The van der Waals surface area contributed by atoms with Crippen LogP contribution in [0.5, 0.6) is 0 Å². The van der Waals surface area contributed by atoms with Crippen molar-refractivity contribution >= 4 is 23.5 Å². The van der Waals surface area contributed by atoms with Crippen molar-refractivity contribution in [1.82, 2.24) is 14.9 Å². The summed E-state index contributed by atoms with van der Waals surface area (Å²) in [4.78, 5) is 25.5. The summed E-state index contributed by atoms with van der Waals surface area (Å²) in [5, 5.41) is 0.204. The van der Waals surface area contributed by atoms with Crippen LogP contribution in [0.2, 0.25) is 5.28 Å². The SMILES string of the molecule is CC1c2nc(Cl)nc(N3CCOCC3C)c2CCN1C(=O)OC(C)(C)C. The topological polar surface area (TPSA) is 67.8 Å². The van der Waals surface area contributed by atoms with E-state index in [-0.39, 0.29) is 23.5 Å². The van der Waals surface area contributed by atoms with E-state index in [4.69, 9.17) is 21.1 Å². The summed E-state index contributed by atoms with van der Waals surface area (Å²) >= 11 is 6.23. The van der Waals surface area contributed by atoms with E-state index in [1.165, 1.54) is 0 Å². The van der Waals surface area contributed by atoms with Gasteiger partial charge in [0.15, 0.2) is 0 Å². The monoisotopic (exact) mass is 382 g/mol. The maximum atomic E-state index is 12.6. The minimum absolute atomic E-state index is 0.204. The van der Waals surface area contributed by atoms with E-state index < -0.39 is 5.60 Å². The van der Waals surface area contributed by atoms with E-state index in [1.807, 2.05) is 27.7 Å². The molecule has 26 heavy (non-hydrogen) atoms. The molecular formula is C18H27ClN4O3. The smallest absolute Gasteiger partial charge is 0.410 e. The van der Waals surface area contributed by atoms with Gasteiger partial charge in [-0.05, 0) is 52.6 Å². The Balaban J connectivity index is 1.92. The molecule has 0 aliphatic carbocycles. The van der Waals surface area contributed by atoms with Crippen LogP contribution in [0.15, 0.2) is 0 Å². The Kier molecular flexibility index (Phi) is 5.30. The number of ether oxygens (including phenoxy) is 2. The number of anilines is 1. The van der Waals surface area contributed by atoms with Crippen molar-refractivity contribution in [2.45, 2.75) is 58.7 Å². The normalized spacial score (nSPS) is 23.6. The molecule has 144 valence electrons. The largest absolute Gasteiger partial charge is 0.444 e. The van der Waals surface area contributed by atoms with E-state index in [0.717, 1.165) is 23.6 Å². The van der Waals surface area contributed by atoms with Crippen molar-refractivity contribution in [3.63, 3.8) is 0 Å². The molecule has 0 N–H and O–H groups in total. The van der Waals surface area contributed by atoms with Gasteiger partial charge in [0.25, 0.3) is 0 Å². The van der Waals surface area contributed by atoms with Gasteiger partial charge in [-0.1, -0.05) is 0 Å². The van der Waals surface area contributed by atoms with Crippen LogP contribution in [0.1, 0.15) is 51.9 Å². The zero-order chi connectivity index (χ0) is 19.1. The quantitative estimate of drug-likeness (QED) is 0.695. The number of hydrogen-bond acceptors (Lipinski definition) is 6. The van der Waals surface area contributed by atoms with Crippen LogP contribution in [0.3, 0.4) is 0 Å². The molecule has 0 aromatic carbocycles. The number of halogens is 1. The number of carbonyl (C=O) groups excluding carboxylic acids is 1. The molecule has 0 radical (unpaired) electrons. The van der Waals surface area contributed by atoms with Crippen LogP contribution in [0, 0.1) is 0 Å². The second-order valence-electron chi connectivity index (χ2n) is 7.90. The van der Waals surface area contributed by atoms with Crippen molar-refractivity contribution in [3.8, 4) is 0 Å². The Bertz CT molecular complexity index is 692. The molecule has 8 heteroatoms. The Hall–Kier alpha value is -1.60. The number of hydrogen-bond donors (Lipinski definition) is 0. The van der Waals surface area contributed by atoms with Crippen molar-refractivity contribution in [3.05, 3.63) is 16.5 Å². The van der Waals surface area contributed by atoms with E-state index in [2.05, 4.69) is 21.8 Å². The first kappa shape index (κ1) is 19.2. The van der Waals surface area contributed by atoms with Crippen molar-refractivity contribution in [1.29, 1.82) is 0 Å². The first-order valence-corrected chi connectivity index (χ1v) is 9.45. The molecule has 1 aromatic rings. The summed E-state index contributed by atoms with van der Waals surface area (Å²) in [6, 6.07) is 0.00204. The van der Waals surface area contributed by atoms with Gasteiger partial charge in [-0.15, -0.1) is 0 Å². The minimum atomic E-state index is -0.533. The van der Waals surface area contributed by atoms with Gasteiger partial charge in [0, 0.05) is 18.7 Å². The van der Waals surface area contributed by atoms with Crippen LogP contribution in [-0.2, 0) is 15.9 Å². The van der Waals surface area contributed by atoms with E-state index >= 15 is 0 Å². The number of nitrogens with zero attached hydrogens (tertiary/aromatic N) is 4. The number of rotatable bonds is 1. The molecule has 0 bridgehead atoms. The molecule has 2 atom stereocenters. The van der Waals surface area contributed by atoms with Gasteiger partial charge in [0.2, 0.25) is 5.28 Å². The van der Waals surface area contributed by atoms with Crippen molar-refractivity contribution in [2.75, 3.05) is 31.2 Å². The predicted octanol–water partition coefficient (Wildman–Crippen LogP) is 3.21. The average molecular weight is 383 g/mol. The van der Waals surface area contributed by atoms with E-state index in [0.29, 0.717) is 26.2 Å². The molecule has 0 saturated carbocycles. The maximum absolute atomic E-state index is 12.6. The van der Waals surface area contributed by atoms with Gasteiger partial charge >= 0.3 is 6.09 Å². The molecule has 2 aliphatic heterocycles. The minimum Gasteiger partial charge on any atom is -0.444 e. The lowest BCUT2D eigenvalue weighted by Gasteiger charge is -2.39. The predicted molar refractivity (Wildman–Crippen MR) is 99.7 cm³/mol. The maximum Gasteiger partial charge on any atom is 0.410 e. The highest BCUT2D eigenvalue weighted by molar-refractivity contribution is 6.28. The number of carbonyl (C=O) groups is 1. The highest BCUT2D eigenvalue weighted by atomic mass is 35.5. The van der Waals surface area contributed by atoms with E-state index in [1.54, 1.807) is 4.90 Å². The van der Waals surface area contributed by atoms with Crippen LogP contribution >= 0.6 is 11.6 Å². The lowest BCUT2D eigenvalue weighted by Crippen LogP contribution is -2.46. The summed E-state index contributed by atoms with van der Waals surface area (Å²) in [6.45, 7) is 12.3. The molecule has 3 heterocycles.